The van der Waals surface area contributed by atoms with Gasteiger partial charge in [-0.25, -0.2) is 13.5 Å². The fourth-order valence-electron chi connectivity index (χ4n) is 1.87. The molecule has 0 unspecified atom stereocenters. The zero-order valence-electron chi connectivity index (χ0n) is 18.0. The Morgan fingerprint density at radius 1 is 1.00 bits per heavy atom. The Balaban J connectivity index is -0.000000857. The van der Waals surface area contributed by atoms with Gasteiger partial charge in [0.15, 0.2) is 0 Å². The topological polar surface area (TPSA) is 200 Å². The number of hydrogen-bond donors (Lipinski definition) is 1. The molecule has 0 aliphatic carbocycles. The van der Waals surface area contributed by atoms with E-state index in [2.05, 4.69) is 27.9 Å². The molecule has 0 radical (unpaired) electrons. The molecule has 3 rings (SSSR count). The van der Waals surface area contributed by atoms with Crippen molar-refractivity contribution in [3.63, 3.8) is 0 Å². The zero-order chi connectivity index (χ0) is 23.4. The Labute approximate surface area is 231 Å². The Hall–Kier alpha value is -2.25. The SMILES string of the molecule is O=C1C(=NNc2cc[c-]cc2)[C-]=NN1c1ccc(S(=O)(=O)[O-])cc1.O=C=O.O=S(=O)=O.[Li+].[Li+].[Li+]. The predicted octanol–water partition coefficient (Wildman–Crippen LogP) is -9.51. The van der Waals surface area contributed by atoms with Crippen molar-refractivity contribution in [1.29, 1.82) is 0 Å². The summed E-state index contributed by atoms with van der Waals surface area (Å²) in [5.74, 6) is -0.539. The minimum absolute atomic E-state index is 0. The van der Waals surface area contributed by atoms with E-state index in [1.54, 1.807) is 24.3 Å². The van der Waals surface area contributed by atoms with Crippen molar-refractivity contribution in [2.75, 3.05) is 10.4 Å². The number of nitrogens with zero attached hydrogens (tertiary/aromatic N) is 3. The second-order valence-corrected chi connectivity index (χ2v) is 6.71. The number of hydrazone groups is 2. The van der Waals surface area contributed by atoms with E-state index in [-0.39, 0.29) is 73.3 Å². The van der Waals surface area contributed by atoms with Crippen molar-refractivity contribution in [2.24, 2.45) is 10.2 Å². The van der Waals surface area contributed by atoms with E-state index in [4.69, 9.17) is 22.2 Å². The van der Waals surface area contributed by atoms with Gasteiger partial charge < -0.3 is 14.8 Å². The summed E-state index contributed by atoms with van der Waals surface area (Å²) in [5.41, 5.74) is 3.61. The van der Waals surface area contributed by atoms with Gasteiger partial charge in [-0.2, -0.15) is 27.8 Å². The summed E-state index contributed by atoms with van der Waals surface area (Å²) in [6.45, 7) is 0. The Bertz CT molecular complexity index is 1230. The van der Waals surface area contributed by atoms with Crippen LogP contribution in [0.3, 0.4) is 0 Å². The van der Waals surface area contributed by atoms with Gasteiger partial charge in [-0.3, -0.25) is 10.1 Å². The van der Waals surface area contributed by atoms with Crippen LogP contribution in [-0.4, -0.2) is 49.6 Å². The average Bonchev–Trinajstić information content (AvgIpc) is 3.07. The Morgan fingerprint density at radius 2 is 1.47 bits per heavy atom. The molecule has 0 spiro atoms. The van der Waals surface area contributed by atoms with Crippen molar-refractivity contribution in [1.82, 2.24) is 0 Å². The first-order valence-corrected chi connectivity index (χ1v) is 9.94. The number of nitrogens with one attached hydrogen (secondary N) is 1. The molecule has 0 fully saturated rings. The predicted molar refractivity (Wildman–Crippen MR) is 100 cm³/mol. The van der Waals surface area contributed by atoms with Crippen LogP contribution in [0.15, 0.2) is 63.6 Å². The van der Waals surface area contributed by atoms with E-state index in [1.807, 2.05) is 0 Å². The van der Waals surface area contributed by atoms with Crippen LogP contribution in [0.25, 0.3) is 0 Å². The van der Waals surface area contributed by atoms with Crippen LogP contribution in [-0.2, 0) is 35.1 Å². The summed E-state index contributed by atoms with van der Waals surface area (Å²) in [6, 6.07) is 14.5. The third kappa shape index (κ3) is 12.8. The number of carbonyl (C=O) groups excluding carboxylic acids is 3. The van der Waals surface area contributed by atoms with Crippen LogP contribution >= 0.6 is 0 Å². The number of amides is 1. The van der Waals surface area contributed by atoms with Crippen LogP contribution < -0.4 is 67.0 Å². The molecule has 0 saturated carbocycles. The van der Waals surface area contributed by atoms with Gasteiger partial charge in [0, 0.05) is 5.69 Å². The van der Waals surface area contributed by atoms with Gasteiger partial charge in [0.25, 0.3) is 0 Å². The quantitative estimate of drug-likeness (QED) is 0.187. The van der Waals surface area contributed by atoms with Gasteiger partial charge in [-0.15, -0.1) is 24.8 Å². The third-order valence-electron chi connectivity index (χ3n) is 3.04. The number of benzene rings is 2. The molecular formula is C16H9Li3N4O9S2. The monoisotopic (exact) mass is 486 g/mol. The smallest absolute Gasteiger partial charge is 0.744 e. The summed E-state index contributed by atoms with van der Waals surface area (Å²) < 4.78 is 58.0. The average molecular weight is 486 g/mol. The van der Waals surface area contributed by atoms with E-state index in [0.717, 1.165) is 17.1 Å². The summed E-state index contributed by atoms with van der Waals surface area (Å²) >= 11 is 0. The first-order chi connectivity index (χ1) is 14.6. The molecule has 0 saturated heterocycles. The molecule has 0 atom stereocenters. The fourth-order valence-corrected chi connectivity index (χ4v) is 2.34. The Morgan fingerprint density at radius 3 is 1.91 bits per heavy atom. The molecule has 0 aromatic heterocycles. The summed E-state index contributed by atoms with van der Waals surface area (Å²) in [4.78, 5) is 28.1. The van der Waals surface area contributed by atoms with E-state index < -0.39 is 26.6 Å². The maximum atomic E-state index is 12.2. The number of anilines is 2. The minimum Gasteiger partial charge on any atom is -0.744 e. The van der Waals surface area contributed by atoms with Crippen LogP contribution in [0, 0.1) is 6.07 Å². The standard InChI is InChI=1S/C15H10N4O4S.CO2.3Li.O3S/c20-15-14(18-17-11-4-2-1-3-5-11)10-16-19(15)12-6-8-13(9-7-12)24(21,22)23;2-1-3;;;;1-4(2)3/h2-9,17H,(H,21,22,23);;;;;/q-2;;3*+1;/p-1. The molecule has 162 valence electrons. The second-order valence-electron chi connectivity index (χ2n) is 4.93. The van der Waals surface area contributed by atoms with Crippen molar-refractivity contribution in [3.8, 4) is 0 Å². The Kier molecular flexibility index (Phi) is 19.4. The maximum absolute atomic E-state index is 12.2. The van der Waals surface area contributed by atoms with E-state index in [1.165, 1.54) is 12.1 Å². The normalized spacial score (nSPS) is 12.2. The molecule has 1 amide bonds. The van der Waals surface area contributed by atoms with Crippen LogP contribution in [0.4, 0.5) is 11.4 Å². The number of carbonyl (C=O) groups is 1. The van der Waals surface area contributed by atoms with Crippen LogP contribution in [0.1, 0.15) is 0 Å². The molecule has 1 N–H and O–H groups in total. The van der Waals surface area contributed by atoms with Crippen molar-refractivity contribution < 1.29 is 96.6 Å². The molecule has 1 heterocycles. The first kappa shape index (κ1) is 36.3. The summed E-state index contributed by atoms with van der Waals surface area (Å²) in [6.07, 6.45) is 2.72. The number of rotatable bonds is 4. The summed E-state index contributed by atoms with van der Waals surface area (Å²) in [7, 11) is -7.65. The van der Waals surface area contributed by atoms with Gasteiger partial charge in [0.05, 0.1) is 4.90 Å². The van der Waals surface area contributed by atoms with Gasteiger partial charge in [0.1, 0.15) is 16.0 Å². The van der Waals surface area contributed by atoms with Gasteiger partial charge in [0.2, 0.25) is 0 Å². The van der Waals surface area contributed by atoms with Crippen LogP contribution in [0.2, 0.25) is 0 Å². The van der Waals surface area contributed by atoms with Gasteiger partial charge >= 0.3 is 73.3 Å². The molecule has 13 nitrogen and oxygen atoms in total. The zero-order valence-corrected chi connectivity index (χ0v) is 19.6. The summed E-state index contributed by atoms with van der Waals surface area (Å²) in [5, 5.41) is 8.72. The maximum Gasteiger partial charge on any atom is 1.00 e. The molecule has 2 aromatic rings. The molecule has 2 aromatic carbocycles. The van der Waals surface area contributed by atoms with E-state index in [0.29, 0.717) is 11.4 Å². The molecule has 1 aliphatic heterocycles. The molecule has 1 aliphatic rings. The molecule has 18 heteroatoms. The van der Waals surface area contributed by atoms with Crippen LogP contribution in [0.5, 0.6) is 0 Å². The fraction of sp³-hybridized carbons (Fsp3) is 0. The van der Waals surface area contributed by atoms with Crippen molar-refractivity contribution >= 4 is 56.1 Å². The number of hydrogen-bond acceptors (Lipinski definition) is 12. The largest absolute Gasteiger partial charge is 1.00 e. The minimum atomic E-state index is -4.54. The second kappa shape index (κ2) is 18.1. The first-order valence-electron chi connectivity index (χ1n) is 7.53. The van der Waals surface area contributed by atoms with E-state index in [9.17, 15) is 17.8 Å². The van der Waals surface area contributed by atoms with Crippen molar-refractivity contribution in [3.05, 3.63) is 54.6 Å². The molecule has 34 heavy (non-hydrogen) atoms. The van der Waals surface area contributed by atoms with Gasteiger partial charge in [-0.1, -0.05) is 11.9 Å². The molecular weight excluding hydrogens is 477 g/mol. The van der Waals surface area contributed by atoms with Gasteiger partial charge in [-0.05, 0) is 30.0 Å². The molecule has 0 bridgehead atoms. The van der Waals surface area contributed by atoms with E-state index >= 15 is 0 Å². The third-order valence-corrected chi connectivity index (χ3v) is 3.89. The van der Waals surface area contributed by atoms with Crippen molar-refractivity contribution in [2.45, 2.75) is 4.90 Å².